The fraction of sp³-hybridized carbons (Fsp3) is 0.333. The van der Waals surface area contributed by atoms with E-state index in [1.807, 2.05) is 23.8 Å². The maximum Gasteiger partial charge on any atom is 0.222 e. The van der Waals surface area contributed by atoms with Crippen LogP contribution in [-0.2, 0) is 17.8 Å². The highest BCUT2D eigenvalue weighted by molar-refractivity contribution is 14.0. The van der Waals surface area contributed by atoms with Gasteiger partial charge in [0.25, 0.3) is 0 Å². The number of halogens is 2. The Morgan fingerprint density at radius 3 is 2.54 bits per heavy atom. The Bertz CT molecular complexity index is 692. The molecule has 1 aromatic carbocycles. The summed E-state index contributed by atoms with van der Waals surface area (Å²) >= 11 is 1.63. The monoisotopic (exact) mass is 490 g/mol. The molecule has 2 aromatic rings. The lowest BCUT2D eigenvalue weighted by molar-refractivity contribution is -0.121. The number of benzene rings is 1. The maximum absolute atomic E-state index is 13.0. The first kappa shape index (κ1) is 22.4. The van der Waals surface area contributed by atoms with E-state index in [-0.39, 0.29) is 29.8 Å². The molecular weight excluding hydrogens is 466 g/mol. The van der Waals surface area contributed by atoms with E-state index in [9.17, 15) is 9.18 Å². The summed E-state index contributed by atoms with van der Waals surface area (Å²) < 4.78 is 13.0. The lowest BCUT2D eigenvalue weighted by Crippen LogP contribution is -2.43. The fourth-order valence-electron chi connectivity index (χ4n) is 2.29. The second kappa shape index (κ2) is 11.8. The third kappa shape index (κ3) is 7.69. The van der Waals surface area contributed by atoms with Crippen molar-refractivity contribution >= 4 is 47.2 Å². The molecule has 2 rings (SSSR count). The van der Waals surface area contributed by atoms with Gasteiger partial charge in [-0.1, -0.05) is 12.1 Å². The number of hydrogen-bond donors (Lipinski definition) is 3. The number of aliphatic imine (C=N–C) groups is 1. The molecule has 0 radical (unpaired) electrons. The van der Waals surface area contributed by atoms with E-state index in [1.54, 1.807) is 23.5 Å². The van der Waals surface area contributed by atoms with Gasteiger partial charge in [-0.3, -0.25) is 4.79 Å². The zero-order chi connectivity index (χ0) is 18.1. The van der Waals surface area contributed by atoms with Gasteiger partial charge in [-0.2, -0.15) is 11.3 Å². The van der Waals surface area contributed by atoms with E-state index in [1.165, 1.54) is 12.1 Å². The summed E-state index contributed by atoms with van der Waals surface area (Å²) in [6.07, 6.45) is 0.451. The molecule has 1 unspecified atom stereocenters. The van der Waals surface area contributed by atoms with Crippen LogP contribution in [0.1, 0.15) is 18.1 Å². The molecular formula is C18H24FIN4OS. The number of primary amides is 1. The summed E-state index contributed by atoms with van der Waals surface area (Å²) in [4.78, 5) is 16.2. The predicted octanol–water partition coefficient (Wildman–Crippen LogP) is 2.90. The average molecular weight is 490 g/mol. The van der Waals surface area contributed by atoms with Crippen LogP contribution < -0.4 is 16.4 Å². The van der Waals surface area contributed by atoms with Gasteiger partial charge in [-0.25, -0.2) is 9.38 Å². The molecule has 26 heavy (non-hydrogen) atoms. The van der Waals surface area contributed by atoms with Crippen molar-refractivity contribution in [3.8, 4) is 0 Å². The SMILES string of the molecule is CCNC(=NCc1ccsc1)NCC(Cc1ccc(F)cc1)C(N)=O.I. The first-order valence-corrected chi connectivity index (χ1v) is 9.09. The second-order valence-corrected chi connectivity index (χ2v) is 6.42. The van der Waals surface area contributed by atoms with Crippen molar-refractivity contribution in [2.24, 2.45) is 16.6 Å². The molecule has 0 bridgehead atoms. The molecule has 0 fully saturated rings. The van der Waals surface area contributed by atoms with Crippen LogP contribution in [-0.4, -0.2) is 25.0 Å². The van der Waals surface area contributed by atoms with Crippen molar-refractivity contribution in [2.75, 3.05) is 13.1 Å². The van der Waals surface area contributed by atoms with Crippen LogP contribution in [0.3, 0.4) is 0 Å². The molecule has 4 N–H and O–H groups in total. The van der Waals surface area contributed by atoms with Gasteiger partial charge in [-0.15, -0.1) is 24.0 Å². The molecule has 0 aliphatic carbocycles. The Balaban J connectivity index is 0.00000338. The molecule has 8 heteroatoms. The van der Waals surface area contributed by atoms with Crippen LogP contribution in [0.4, 0.5) is 4.39 Å². The van der Waals surface area contributed by atoms with Crippen molar-refractivity contribution in [1.29, 1.82) is 0 Å². The van der Waals surface area contributed by atoms with Gasteiger partial charge in [-0.05, 0) is 53.4 Å². The molecule has 0 saturated carbocycles. The molecule has 0 spiro atoms. The summed E-state index contributed by atoms with van der Waals surface area (Å²) in [5.41, 5.74) is 7.52. The number of guanidine groups is 1. The average Bonchev–Trinajstić information content (AvgIpc) is 3.11. The summed E-state index contributed by atoms with van der Waals surface area (Å²) in [6.45, 7) is 3.63. The first-order valence-electron chi connectivity index (χ1n) is 8.15. The van der Waals surface area contributed by atoms with Gasteiger partial charge in [0.2, 0.25) is 5.91 Å². The minimum absolute atomic E-state index is 0. The van der Waals surface area contributed by atoms with Gasteiger partial charge in [0.1, 0.15) is 5.82 Å². The highest BCUT2D eigenvalue weighted by atomic mass is 127. The van der Waals surface area contributed by atoms with Gasteiger partial charge in [0.15, 0.2) is 5.96 Å². The zero-order valence-electron chi connectivity index (χ0n) is 14.6. The number of nitrogens with one attached hydrogen (secondary N) is 2. The number of carbonyl (C=O) groups excluding carboxylic acids is 1. The van der Waals surface area contributed by atoms with Crippen LogP contribution in [0.2, 0.25) is 0 Å². The molecule has 1 amide bonds. The third-order valence-electron chi connectivity index (χ3n) is 3.66. The predicted molar refractivity (Wildman–Crippen MR) is 115 cm³/mol. The summed E-state index contributed by atoms with van der Waals surface area (Å²) in [5.74, 6) is -0.465. The minimum atomic E-state index is -0.407. The topological polar surface area (TPSA) is 79.5 Å². The smallest absolute Gasteiger partial charge is 0.222 e. The number of nitrogens with zero attached hydrogens (tertiary/aromatic N) is 1. The van der Waals surface area contributed by atoms with Crippen molar-refractivity contribution in [3.63, 3.8) is 0 Å². The number of nitrogens with two attached hydrogens (primary N) is 1. The molecule has 1 heterocycles. The second-order valence-electron chi connectivity index (χ2n) is 5.64. The van der Waals surface area contributed by atoms with Crippen molar-refractivity contribution in [2.45, 2.75) is 19.9 Å². The highest BCUT2D eigenvalue weighted by Crippen LogP contribution is 2.10. The van der Waals surface area contributed by atoms with Gasteiger partial charge < -0.3 is 16.4 Å². The van der Waals surface area contributed by atoms with E-state index >= 15 is 0 Å². The largest absolute Gasteiger partial charge is 0.369 e. The van der Waals surface area contributed by atoms with E-state index < -0.39 is 11.8 Å². The number of rotatable bonds is 8. The Hall–Kier alpha value is -1.68. The molecule has 1 atom stereocenters. The lowest BCUT2D eigenvalue weighted by Gasteiger charge is -2.17. The van der Waals surface area contributed by atoms with Crippen molar-refractivity contribution in [3.05, 3.63) is 58.0 Å². The number of carbonyl (C=O) groups is 1. The minimum Gasteiger partial charge on any atom is -0.369 e. The van der Waals surface area contributed by atoms with Crippen LogP contribution >= 0.6 is 35.3 Å². The summed E-state index contributed by atoms with van der Waals surface area (Å²) in [7, 11) is 0. The van der Waals surface area contributed by atoms with E-state index in [0.29, 0.717) is 32.0 Å². The van der Waals surface area contributed by atoms with E-state index in [0.717, 1.165) is 11.1 Å². The van der Waals surface area contributed by atoms with Crippen molar-refractivity contribution < 1.29 is 9.18 Å². The fourth-order valence-corrected chi connectivity index (χ4v) is 2.95. The van der Waals surface area contributed by atoms with Crippen LogP contribution in [0.25, 0.3) is 0 Å². The molecule has 142 valence electrons. The molecule has 5 nitrogen and oxygen atoms in total. The van der Waals surface area contributed by atoms with Crippen LogP contribution in [0.5, 0.6) is 0 Å². The summed E-state index contributed by atoms with van der Waals surface area (Å²) in [6, 6.07) is 8.13. The quantitative estimate of drug-likeness (QED) is 0.303. The Labute approximate surface area is 174 Å². The van der Waals surface area contributed by atoms with Gasteiger partial charge in [0.05, 0.1) is 12.5 Å². The summed E-state index contributed by atoms with van der Waals surface area (Å²) in [5, 5.41) is 10.4. The van der Waals surface area contributed by atoms with Crippen LogP contribution in [0.15, 0.2) is 46.1 Å². The standard InChI is InChI=1S/C18H23FN4OS.HI/c1-2-21-18(22-10-14-7-8-25-12-14)23-11-15(17(20)24)9-13-3-5-16(19)6-4-13;/h3-8,12,15H,2,9-11H2,1H3,(H2,20,24)(H2,21,22,23);1H. The normalized spacial score (nSPS) is 12.2. The molecule has 0 aliphatic heterocycles. The van der Waals surface area contributed by atoms with E-state index in [2.05, 4.69) is 15.6 Å². The van der Waals surface area contributed by atoms with Gasteiger partial charge in [0, 0.05) is 13.1 Å². The number of hydrogen-bond acceptors (Lipinski definition) is 3. The molecule has 0 aliphatic rings. The van der Waals surface area contributed by atoms with Crippen molar-refractivity contribution in [1.82, 2.24) is 10.6 Å². The third-order valence-corrected chi connectivity index (χ3v) is 4.39. The number of thiophene rings is 1. The molecule has 1 aromatic heterocycles. The molecule has 0 saturated heterocycles. The Morgan fingerprint density at radius 1 is 1.23 bits per heavy atom. The Kier molecular flexibility index (Phi) is 10.2. The zero-order valence-corrected chi connectivity index (χ0v) is 17.7. The number of amides is 1. The first-order chi connectivity index (χ1) is 12.1. The lowest BCUT2D eigenvalue weighted by atomic mass is 9.98. The Morgan fingerprint density at radius 2 is 1.96 bits per heavy atom. The van der Waals surface area contributed by atoms with E-state index in [4.69, 9.17) is 5.73 Å². The van der Waals surface area contributed by atoms with Gasteiger partial charge >= 0.3 is 0 Å². The highest BCUT2D eigenvalue weighted by Gasteiger charge is 2.16. The van der Waals surface area contributed by atoms with Crippen LogP contribution in [0, 0.1) is 11.7 Å². The maximum atomic E-state index is 13.0.